The third kappa shape index (κ3) is 2.05. The van der Waals surface area contributed by atoms with E-state index in [0.717, 1.165) is 17.5 Å². The zero-order valence-corrected chi connectivity index (χ0v) is 8.49. The van der Waals surface area contributed by atoms with Crippen LogP contribution in [0.5, 0.6) is 0 Å². The molecule has 0 aliphatic carbocycles. The van der Waals surface area contributed by atoms with Crippen molar-refractivity contribution in [1.29, 1.82) is 0 Å². The van der Waals surface area contributed by atoms with E-state index in [1.54, 1.807) is 6.07 Å². The predicted octanol–water partition coefficient (Wildman–Crippen LogP) is 2.40. The van der Waals surface area contributed by atoms with E-state index in [1.807, 2.05) is 6.92 Å². The highest BCUT2D eigenvalue weighted by Crippen LogP contribution is 2.20. The lowest BCUT2D eigenvalue weighted by molar-refractivity contribution is 0.618. The van der Waals surface area contributed by atoms with E-state index in [4.69, 9.17) is 5.73 Å². The minimum absolute atomic E-state index is 0.215. The largest absolute Gasteiger partial charge is 0.330 e. The molecule has 0 bridgehead atoms. The molecule has 0 unspecified atom stereocenters. The second kappa shape index (κ2) is 4.01. The number of benzene rings is 1. The third-order valence-electron chi connectivity index (χ3n) is 1.79. The smallest absolute Gasteiger partial charge is 0.137 e. The van der Waals surface area contributed by atoms with Gasteiger partial charge in [0.2, 0.25) is 0 Å². The summed E-state index contributed by atoms with van der Waals surface area (Å²) in [5.41, 5.74) is 7.47. The highest BCUT2D eigenvalue weighted by atomic mass is 79.9. The van der Waals surface area contributed by atoms with E-state index < -0.39 is 0 Å². The summed E-state index contributed by atoms with van der Waals surface area (Å²) >= 11 is 3.13. The molecule has 1 rings (SSSR count). The molecule has 0 saturated carbocycles. The number of hydrogen-bond acceptors (Lipinski definition) is 1. The minimum atomic E-state index is -0.215. The highest BCUT2D eigenvalue weighted by Gasteiger charge is 2.03. The normalized spacial score (nSPS) is 10.3. The van der Waals surface area contributed by atoms with Crippen molar-refractivity contribution in [1.82, 2.24) is 0 Å². The van der Waals surface area contributed by atoms with Crippen molar-refractivity contribution in [3.63, 3.8) is 0 Å². The molecule has 0 amide bonds. The Labute approximate surface area is 79.9 Å². The zero-order valence-electron chi connectivity index (χ0n) is 6.90. The molecule has 2 N–H and O–H groups in total. The van der Waals surface area contributed by atoms with Gasteiger partial charge in [0.1, 0.15) is 5.82 Å². The van der Waals surface area contributed by atoms with Gasteiger partial charge in [-0.1, -0.05) is 0 Å². The van der Waals surface area contributed by atoms with Crippen molar-refractivity contribution in [2.24, 2.45) is 5.73 Å². The zero-order chi connectivity index (χ0) is 9.14. The lowest BCUT2D eigenvalue weighted by Crippen LogP contribution is -2.04. The van der Waals surface area contributed by atoms with Gasteiger partial charge in [-0.15, -0.1) is 0 Å². The summed E-state index contributed by atoms with van der Waals surface area (Å²) in [6.07, 6.45) is 0.796. The first kappa shape index (κ1) is 9.68. The van der Waals surface area contributed by atoms with E-state index in [9.17, 15) is 4.39 Å². The van der Waals surface area contributed by atoms with Crippen LogP contribution >= 0.6 is 15.9 Å². The minimum Gasteiger partial charge on any atom is -0.330 e. The lowest BCUT2D eigenvalue weighted by atomic mass is 10.1. The van der Waals surface area contributed by atoms with Gasteiger partial charge in [0.05, 0.1) is 4.47 Å². The Morgan fingerprint density at radius 2 is 2.17 bits per heavy atom. The Kier molecular flexibility index (Phi) is 3.23. The first-order valence-corrected chi connectivity index (χ1v) is 4.59. The molecule has 0 aliphatic heterocycles. The fraction of sp³-hybridized carbons (Fsp3) is 0.333. The predicted molar refractivity (Wildman–Crippen MR) is 51.6 cm³/mol. The Balaban J connectivity index is 3.05. The van der Waals surface area contributed by atoms with Crippen LogP contribution in [0.4, 0.5) is 4.39 Å². The molecule has 1 aromatic rings. The van der Waals surface area contributed by atoms with Gasteiger partial charge < -0.3 is 5.73 Å². The van der Waals surface area contributed by atoms with Gasteiger partial charge in [-0.05, 0) is 59.1 Å². The molecule has 0 heterocycles. The Hall–Kier alpha value is -0.410. The molecular weight excluding hydrogens is 221 g/mol. The van der Waals surface area contributed by atoms with Crippen LogP contribution in [0.25, 0.3) is 0 Å². The van der Waals surface area contributed by atoms with Gasteiger partial charge in [0, 0.05) is 0 Å². The molecule has 0 atom stereocenters. The molecule has 0 saturated heterocycles. The van der Waals surface area contributed by atoms with Crippen molar-refractivity contribution in [2.75, 3.05) is 6.54 Å². The van der Waals surface area contributed by atoms with Crippen molar-refractivity contribution in [2.45, 2.75) is 13.3 Å². The van der Waals surface area contributed by atoms with Crippen LogP contribution in [0.2, 0.25) is 0 Å². The maximum Gasteiger partial charge on any atom is 0.137 e. The molecule has 1 nitrogen and oxygen atoms in total. The molecule has 0 spiro atoms. The van der Waals surface area contributed by atoms with E-state index >= 15 is 0 Å². The van der Waals surface area contributed by atoms with Crippen LogP contribution < -0.4 is 5.73 Å². The van der Waals surface area contributed by atoms with Crippen LogP contribution in [-0.2, 0) is 6.42 Å². The van der Waals surface area contributed by atoms with E-state index in [2.05, 4.69) is 15.9 Å². The van der Waals surface area contributed by atoms with Crippen LogP contribution in [-0.4, -0.2) is 6.54 Å². The Bertz CT molecular complexity index is 286. The molecule has 0 fully saturated rings. The molecule has 0 radical (unpaired) electrons. The fourth-order valence-electron chi connectivity index (χ4n) is 1.11. The number of aryl methyl sites for hydroxylation is 1. The van der Waals surface area contributed by atoms with Crippen LogP contribution in [0.1, 0.15) is 11.1 Å². The van der Waals surface area contributed by atoms with Crippen molar-refractivity contribution < 1.29 is 4.39 Å². The lowest BCUT2D eigenvalue weighted by Gasteiger charge is -2.05. The van der Waals surface area contributed by atoms with Gasteiger partial charge >= 0.3 is 0 Å². The number of rotatable bonds is 2. The summed E-state index contributed by atoms with van der Waals surface area (Å²) in [6.45, 7) is 2.49. The summed E-state index contributed by atoms with van der Waals surface area (Å²) in [7, 11) is 0. The summed E-state index contributed by atoms with van der Waals surface area (Å²) in [4.78, 5) is 0. The van der Waals surface area contributed by atoms with Gasteiger partial charge in [-0.25, -0.2) is 4.39 Å². The summed E-state index contributed by atoms with van der Waals surface area (Å²) in [6, 6.07) is 3.31. The van der Waals surface area contributed by atoms with Crippen LogP contribution in [0.15, 0.2) is 16.6 Å². The molecule has 66 valence electrons. The second-order valence-electron chi connectivity index (χ2n) is 2.73. The van der Waals surface area contributed by atoms with Crippen LogP contribution in [0.3, 0.4) is 0 Å². The van der Waals surface area contributed by atoms with Gasteiger partial charge in [-0.2, -0.15) is 0 Å². The number of halogens is 2. The van der Waals surface area contributed by atoms with E-state index in [-0.39, 0.29) is 5.82 Å². The third-order valence-corrected chi connectivity index (χ3v) is 2.40. The van der Waals surface area contributed by atoms with Crippen molar-refractivity contribution >= 4 is 15.9 Å². The maximum absolute atomic E-state index is 12.9. The second-order valence-corrected chi connectivity index (χ2v) is 3.59. The number of hydrogen-bond donors (Lipinski definition) is 1. The van der Waals surface area contributed by atoms with Gasteiger partial charge in [0.15, 0.2) is 0 Å². The summed E-state index contributed by atoms with van der Waals surface area (Å²) < 4.78 is 13.4. The molecule has 3 heteroatoms. The monoisotopic (exact) mass is 231 g/mol. The highest BCUT2D eigenvalue weighted by molar-refractivity contribution is 9.10. The molecule has 0 aliphatic rings. The molecule has 12 heavy (non-hydrogen) atoms. The summed E-state index contributed by atoms with van der Waals surface area (Å²) in [5, 5.41) is 0. The van der Waals surface area contributed by atoms with Gasteiger partial charge in [-0.3, -0.25) is 0 Å². The average molecular weight is 232 g/mol. The van der Waals surface area contributed by atoms with Crippen LogP contribution in [0, 0.1) is 12.7 Å². The quantitative estimate of drug-likeness (QED) is 0.832. The van der Waals surface area contributed by atoms with Crippen molar-refractivity contribution in [3.05, 3.63) is 33.5 Å². The first-order valence-electron chi connectivity index (χ1n) is 3.79. The fourth-order valence-corrected chi connectivity index (χ4v) is 1.50. The van der Waals surface area contributed by atoms with Crippen molar-refractivity contribution in [3.8, 4) is 0 Å². The Morgan fingerprint density at radius 1 is 1.50 bits per heavy atom. The average Bonchev–Trinajstić information content (AvgIpc) is 2.01. The molecular formula is C9H11BrFN. The SMILES string of the molecule is Cc1cc(F)c(Br)cc1CCN. The van der Waals surface area contributed by atoms with E-state index in [1.165, 1.54) is 6.07 Å². The summed E-state index contributed by atoms with van der Waals surface area (Å²) in [5.74, 6) is -0.215. The maximum atomic E-state index is 12.9. The molecule has 0 aromatic heterocycles. The van der Waals surface area contributed by atoms with E-state index in [0.29, 0.717) is 11.0 Å². The number of nitrogens with two attached hydrogens (primary N) is 1. The van der Waals surface area contributed by atoms with Gasteiger partial charge in [0.25, 0.3) is 0 Å². The topological polar surface area (TPSA) is 26.0 Å². The standard InChI is InChI=1S/C9H11BrFN/c1-6-4-9(11)8(10)5-7(6)2-3-12/h4-5H,2-3,12H2,1H3. The molecule has 1 aromatic carbocycles. The Morgan fingerprint density at radius 3 is 2.75 bits per heavy atom. The first-order chi connectivity index (χ1) is 5.65.